The van der Waals surface area contributed by atoms with Crippen LogP contribution in [-0.2, 0) is 4.79 Å². The summed E-state index contributed by atoms with van der Waals surface area (Å²) >= 11 is 0. The third-order valence-electron chi connectivity index (χ3n) is 3.93. The summed E-state index contributed by atoms with van der Waals surface area (Å²) in [5.41, 5.74) is 0. The summed E-state index contributed by atoms with van der Waals surface area (Å²) in [5.74, 6) is 0.683. The number of rotatable bonds is 2. The van der Waals surface area contributed by atoms with E-state index >= 15 is 0 Å². The summed E-state index contributed by atoms with van der Waals surface area (Å²) in [6.07, 6.45) is 12.5. The van der Waals surface area contributed by atoms with Crippen LogP contribution in [0.5, 0.6) is 0 Å². The molecule has 0 spiro atoms. The summed E-state index contributed by atoms with van der Waals surface area (Å²) < 4.78 is 0. The molecule has 1 N–H and O–H groups in total. The molecule has 2 rings (SSSR count). The fraction of sp³-hybridized carbons (Fsp3) is 0.923. The number of hydrogen-bond acceptors (Lipinski definition) is 1. The molecule has 0 bridgehead atoms. The first kappa shape index (κ1) is 14.1. The van der Waals surface area contributed by atoms with Gasteiger partial charge in [0.15, 0.2) is 0 Å². The van der Waals surface area contributed by atoms with Gasteiger partial charge in [0.2, 0.25) is 5.91 Å². The van der Waals surface area contributed by atoms with Gasteiger partial charge in [0, 0.05) is 12.0 Å². The van der Waals surface area contributed by atoms with E-state index in [1.165, 1.54) is 51.4 Å². The summed E-state index contributed by atoms with van der Waals surface area (Å²) in [6.45, 7) is 0. The van der Waals surface area contributed by atoms with Crippen LogP contribution in [-0.4, -0.2) is 30.8 Å². The molecule has 0 aromatic heterocycles. The zero-order valence-corrected chi connectivity index (χ0v) is 9.63. The Morgan fingerprint density at radius 3 is 1.88 bits per heavy atom. The van der Waals surface area contributed by atoms with Crippen molar-refractivity contribution in [3.8, 4) is 0 Å². The van der Waals surface area contributed by atoms with E-state index in [1.54, 1.807) is 0 Å². The second kappa shape index (κ2) is 7.40. The summed E-state index contributed by atoms with van der Waals surface area (Å²) in [4.78, 5) is 12.0. The van der Waals surface area contributed by atoms with Crippen LogP contribution in [0.4, 0.5) is 0 Å². The first-order chi connectivity index (χ1) is 7.36. The maximum absolute atomic E-state index is 12.0. The van der Waals surface area contributed by atoms with Crippen molar-refractivity contribution in [2.45, 2.75) is 70.3 Å². The molecule has 0 heterocycles. The van der Waals surface area contributed by atoms with Gasteiger partial charge in [-0.3, -0.25) is 4.79 Å². The Balaban J connectivity index is 0.00000128. The standard InChI is InChI=1S/C13H23NO.Li.H/c15-13(11-7-3-1-4-8-11)14-12-9-5-2-6-10-12;;/h11-12H,1-10H2,(H,14,15);;. The van der Waals surface area contributed by atoms with Crippen LogP contribution in [0, 0.1) is 5.92 Å². The average Bonchev–Trinajstić information content (AvgIpc) is 2.31. The number of carbonyl (C=O) groups excluding carboxylic acids is 1. The van der Waals surface area contributed by atoms with Gasteiger partial charge in [-0.05, 0) is 25.7 Å². The first-order valence-corrected chi connectivity index (χ1v) is 6.66. The van der Waals surface area contributed by atoms with Gasteiger partial charge in [-0.25, -0.2) is 0 Å². The van der Waals surface area contributed by atoms with Crippen LogP contribution < -0.4 is 5.32 Å². The van der Waals surface area contributed by atoms with Gasteiger partial charge in [0.05, 0.1) is 0 Å². The average molecular weight is 217 g/mol. The third-order valence-corrected chi connectivity index (χ3v) is 3.93. The minimum absolute atomic E-state index is 0. The van der Waals surface area contributed by atoms with Crippen molar-refractivity contribution in [1.82, 2.24) is 5.32 Å². The van der Waals surface area contributed by atoms with Crippen molar-refractivity contribution < 1.29 is 4.79 Å². The molecule has 0 saturated heterocycles. The first-order valence-electron chi connectivity index (χ1n) is 6.66. The quantitative estimate of drug-likeness (QED) is 0.707. The fourth-order valence-corrected chi connectivity index (χ4v) is 2.93. The monoisotopic (exact) mass is 217 g/mol. The van der Waals surface area contributed by atoms with Gasteiger partial charge in [-0.1, -0.05) is 38.5 Å². The Morgan fingerprint density at radius 2 is 1.31 bits per heavy atom. The molecular formula is C13H24LiNO. The van der Waals surface area contributed by atoms with Crippen molar-refractivity contribution in [2.75, 3.05) is 0 Å². The fourth-order valence-electron chi connectivity index (χ4n) is 2.93. The van der Waals surface area contributed by atoms with Crippen LogP contribution in [0.1, 0.15) is 64.2 Å². The molecule has 1 amide bonds. The molecule has 0 aromatic carbocycles. The van der Waals surface area contributed by atoms with Crippen molar-refractivity contribution in [1.29, 1.82) is 0 Å². The van der Waals surface area contributed by atoms with Crippen molar-refractivity contribution in [3.05, 3.63) is 0 Å². The van der Waals surface area contributed by atoms with Gasteiger partial charge in [0.25, 0.3) is 0 Å². The molecule has 0 radical (unpaired) electrons. The molecule has 88 valence electrons. The van der Waals surface area contributed by atoms with Gasteiger partial charge < -0.3 is 5.32 Å². The Hall–Kier alpha value is 0.0674. The molecule has 2 saturated carbocycles. The molecule has 0 aliphatic heterocycles. The van der Waals surface area contributed by atoms with Crippen LogP contribution in [0.3, 0.4) is 0 Å². The zero-order chi connectivity index (χ0) is 10.5. The number of hydrogen-bond donors (Lipinski definition) is 1. The Morgan fingerprint density at radius 1 is 0.812 bits per heavy atom. The van der Waals surface area contributed by atoms with Gasteiger partial charge >= 0.3 is 18.9 Å². The van der Waals surface area contributed by atoms with E-state index in [2.05, 4.69) is 5.32 Å². The predicted octanol–water partition coefficient (Wildman–Crippen LogP) is 2.37. The van der Waals surface area contributed by atoms with Crippen LogP contribution >= 0.6 is 0 Å². The van der Waals surface area contributed by atoms with E-state index in [0.29, 0.717) is 17.9 Å². The van der Waals surface area contributed by atoms with Gasteiger partial charge in [0.1, 0.15) is 0 Å². The SMILES string of the molecule is O=C(NC1CCCCC1)C1CCCCC1.[LiH]. The maximum atomic E-state index is 12.0. The Bertz CT molecular complexity index is 208. The van der Waals surface area contributed by atoms with Crippen molar-refractivity contribution >= 4 is 24.8 Å². The van der Waals surface area contributed by atoms with Crippen LogP contribution in [0.25, 0.3) is 0 Å². The zero-order valence-electron chi connectivity index (χ0n) is 9.63. The van der Waals surface area contributed by atoms with E-state index in [9.17, 15) is 4.79 Å². The van der Waals surface area contributed by atoms with Gasteiger partial charge in [-0.2, -0.15) is 0 Å². The molecular weight excluding hydrogens is 193 g/mol. The predicted molar refractivity (Wildman–Crippen MR) is 68.7 cm³/mol. The second-order valence-corrected chi connectivity index (χ2v) is 5.18. The molecule has 16 heavy (non-hydrogen) atoms. The molecule has 2 nitrogen and oxygen atoms in total. The second-order valence-electron chi connectivity index (χ2n) is 5.18. The van der Waals surface area contributed by atoms with E-state index in [0.717, 1.165) is 12.8 Å². The third kappa shape index (κ3) is 4.15. The molecule has 0 aromatic rings. The molecule has 3 heteroatoms. The molecule has 0 unspecified atom stereocenters. The Labute approximate surface area is 111 Å². The number of nitrogens with one attached hydrogen (secondary N) is 1. The molecule has 0 atom stereocenters. The van der Waals surface area contributed by atoms with Crippen molar-refractivity contribution in [3.63, 3.8) is 0 Å². The Kier molecular flexibility index (Phi) is 6.54. The number of carbonyl (C=O) groups is 1. The van der Waals surface area contributed by atoms with Crippen LogP contribution in [0.2, 0.25) is 0 Å². The van der Waals surface area contributed by atoms with Crippen LogP contribution in [0.15, 0.2) is 0 Å². The van der Waals surface area contributed by atoms with Gasteiger partial charge in [-0.15, -0.1) is 0 Å². The summed E-state index contributed by atoms with van der Waals surface area (Å²) in [7, 11) is 0. The topological polar surface area (TPSA) is 29.1 Å². The normalized spacial score (nSPS) is 23.5. The minimum atomic E-state index is 0. The van der Waals surface area contributed by atoms with E-state index in [-0.39, 0.29) is 18.9 Å². The van der Waals surface area contributed by atoms with Crippen molar-refractivity contribution in [2.24, 2.45) is 5.92 Å². The summed E-state index contributed by atoms with van der Waals surface area (Å²) in [6, 6.07) is 0.494. The summed E-state index contributed by atoms with van der Waals surface area (Å²) in [5, 5.41) is 3.25. The van der Waals surface area contributed by atoms with E-state index in [1.807, 2.05) is 0 Å². The molecule has 2 aliphatic rings. The van der Waals surface area contributed by atoms with E-state index < -0.39 is 0 Å². The molecule has 2 aliphatic carbocycles. The van der Waals surface area contributed by atoms with E-state index in [4.69, 9.17) is 0 Å². The molecule has 2 fully saturated rings. The number of amides is 1.